The smallest absolute Gasteiger partial charge is 0.133 e. The molecule has 1 aliphatic heterocycles. The fourth-order valence-electron chi connectivity index (χ4n) is 3.33. The molecule has 0 radical (unpaired) electrons. The summed E-state index contributed by atoms with van der Waals surface area (Å²) in [5.41, 5.74) is 4.62. The SMILES string of the molecule is CSc1ccc2c(C)cc(N3Cc4cnc(C(C)(C)C)nc4C3)nc2c1. The maximum Gasteiger partial charge on any atom is 0.133 e. The van der Waals surface area contributed by atoms with E-state index in [1.165, 1.54) is 21.4 Å². The van der Waals surface area contributed by atoms with Crippen LogP contribution in [-0.4, -0.2) is 21.2 Å². The Balaban J connectivity index is 1.70. The van der Waals surface area contributed by atoms with Crippen molar-refractivity contribution in [1.82, 2.24) is 15.0 Å². The van der Waals surface area contributed by atoms with E-state index < -0.39 is 0 Å². The summed E-state index contributed by atoms with van der Waals surface area (Å²) < 4.78 is 0. The molecule has 0 bridgehead atoms. The first-order chi connectivity index (χ1) is 12.3. The number of thioether (sulfide) groups is 1. The summed E-state index contributed by atoms with van der Waals surface area (Å²) in [6.45, 7) is 10.2. The molecule has 134 valence electrons. The van der Waals surface area contributed by atoms with E-state index in [0.29, 0.717) is 0 Å². The molecular formula is C21H24N4S. The molecule has 0 atom stereocenters. The maximum absolute atomic E-state index is 4.95. The van der Waals surface area contributed by atoms with E-state index in [9.17, 15) is 0 Å². The Bertz CT molecular complexity index is 991. The van der Waals surface area contributed by atoms with Gasteiger partial charge in [0.1, 0.15) is 11.6 Å². The average Bonchev–Trinajstić information content (AvgIpc) is 3.03. The van der Waals surface area contributed by atoms with Gasteiger partial charge in [0.15, 0.2) is 0 Å². The molecule has 4 nitrogen and oxygen atoms in total. The number of aryl methyl sites for hydroxylation is 1. The molecule has 0 N–H and O–H groups in total. The summed E-state index contributed by atoms with van der Waals surface area (Å²) in [6.07, 6.45) is 4.09. The molecule has 2 aromatic heterocycles. The molecule has 0 saturated carbocycles. The van der Waals surface area contributed by atoms with E-state index in [2.05, 4.69) is 68.1 Å². The summed E-state index contributed by atoms with van der Waals surface area (Å²) in [6, 6.07) is 8.70. The first-order valence-electron chi connectivity index (χ1n) is 8.91. The molecule has 0 unspecified atom stereocenters. The van der Waals surface area contributed by atoms with Gasteiger partial charge in [-0.05, 0) is 36.9 Å². The minimum absolute atomic E-state index is 0.0333. The Hall–Kier alpha value is -2.14. The van der Waals surface area contributed by atoms with Crippen LogP contribution >= 0.6 is 11.8 Å². The molecule has 3 heterocycles. The van der Waals surface area contributed by atoms with Crippen LogP contribution in [0.5, 0.6) is 0 Å². The van der Waals surface area contributed by atoms with E-state index in [1.54, 1.807) is 11.8 Å². The zero-order valence-corrected chi connectivity index (χ0v) is 16.8. The highest BCUT2D eigenvalue weighted by molar-refractivity contribution is 7.98. The molecule has 5 heteroatoms. The molecular weight excluding hydrogens is 340 g/mol. The van der Waals surface area contributed by atoms with Gasteiger partial charge >= 0.3 is 0 Å². The number of benzene rings is 1. The molecule has 0 spiro atoms. The molecule has 0 amide bonds. The van der Waals surface area contributed by atoms with Crippen LogP contribution < -0.4 is 4.90 Å². The summed E-state index contributed by atoms with van der Waals surface area (Å²) in [7, 11) is 0. The van der Waals surface area contributed by atoms with E-state index in [0.717, 1.165) is 35.9 Å². The van der Waals surface area contributed by atoms with Gasteiger partial charge in [0.05, 0.1) is 17.8 Å². The topological polar surface area (TPSA) is 41.9 Å². The Morgan fingerprint density at radius 3 is 2.62 bits per heavy atom. The van der Waals surface area contributed by atoms with Crippen LogP contribution in [-0.2, 0) is 18.5 Å². The van der Waals surface area contributed by atoms with E-state index in [-0.39, 0.29) is 5.41 Å². The third kappa shape index (κ3) is 3.05. The van der Waals surface area contributed by atoms with Crippen molar-refractivity contribution in [2.75, 3.05) is 11.2 Å². The average molecular weight is 365 g/mol. The van der Waals surface area contributed by atoms with Gasteiger partial charge in [-0.25, -0.2) is 15.0 Å². The first-order valence-corrected chi connectivity index (χ1v) is 10.1. The number of aromatic nitrogens is 3. The lowest BCUT2D eigenvalue weighted by atomic mass is 9.95. The van der Waals surface area contributed by atoms with Crippen molar-refractivity contribution >= 4 is 28.5 Å². The van der Waals surface area contributed by atoms with Crippen molar-refractivity contribution < 1.29 is 0 Å². The van der Waals surface area contributed by atoms with E-state index in [1.807, 2.05) is 6.20 Å². The highest BCUT2D eigenvalue weighted by Crippen LogP contribution is 2.31. The number of rotatable bonds is 2. The Kier molecular flexibility index (Phi) is 4.14. The van der Waals surface area contributed by atoms with Gasteiger partial charge in [0, 0.05) is 34.0 Å². The van der Waals surface area contributed by atoms with Gasteiger partial charge in [0.25, 0.3) is 0 Å². The van der Waals surface area contributed by atoms with Crippen LogP contribution in [0.25, 0.3) is 10.9 Å². The van der Waals surface area contributed by atoms with Gasteiger partial charge in [0.2, 0.25) is 0 Å². The second-order valence-electron chi connectivity index (χ2n) is 7.95. The zero-order valence-electron chi connectivity index (χ0n) is 16.0. The highest BCUT2D eigenvalue weighted by Gasteiger charge is 2.26. The molecule has 3 aromatic rings. The number of hydrogen-bond acceptors (Lipinski definition) is 5. The minimum Gasteiger partial charge on any atom is -0.346 e. The summed E-state index contributed by atoms with van der Waals surface area (Å²) >= 11 is 1.75. The molecule has 4 rings (SSSR count). The third-order valence-corrected chi connectivity index (χ3v) is 5.59. The van der Waals surface area contributed by atoms with Gasteiger partial charge in [-0.2, -0.15) is 0 Å². The summed E-state index contributed by atoms with van der Waals surface area (Å²) in [5.74, 6) is 1.92. The van der Waals surface area contributed by atoms with Crippen LogP contribution in [0.1, 0.15) is 43.4 Å². The van der Waals surface area contributed by atoms with Crippen LogP contribution in [0.2, 0.25) is 0 Å². The van der Waals surface area contributed by atoms with Crippen LogP contribution in [0.15, 0.2) is 35.4 Å². The lowest BCUT2D eigenvalue weighted by molar-refractivity contribution is 0.541. The van der Waals surface area contributed by atoms with Crippen molar-refractivity contribution in [2.24, 2.45) is 0 Å². The lowest BCUT2D eigenvalue weighted by Gasteiger charge is -2.18. The molecule has 26 heavy (non-hydrogen) atoms. The maximum atomic E-state index is 4.95. The minimum atomic E-state index is -0.0333. The van der Waals surface area contributed by atoms with E-state index >= 15 is 0 Å². The first kappa shape index (κ1) is 17.3. The summed E-state index contributed by atoms with van der Waals surface area (Å²) in [4.78, 5) is 17.9. The van der Waals surface area contributed by atoms with Crippen molar-refractivity contribution in [1.29, 1.82) is 0 Å². The fourth-order valence-corrected chi connectivity index (χ4v) is 3.76. The lowest BCUT2D eigenvalue weighted by Crippen LogP contribution is -2.17. The van der Waals surface area contributed by atoms with Crippen molar-refractivity contribution in [3.63, 3.8) is 0 Å². The second-order valence-corrected chi connectivity index (χ2v) is 8.83. The van der Waals surface area contributed by atoms with Crippen molar-refractivity contribution in [2.45, 2.75) is 51.1 Å². The fraction of sp³-hybridized carbons (Fsp3) is 0.381. The Morgan fingerprint density at radius 2 is 1.88 bits per heavy atom. The quantitative estimate of drug-likeness (QED) is 0.607. The number of hydrogen-bond donors (Lipinski definition) is 0. The van der Waals surface area contributed by atoms with Crippen molar-refractivity contribution in [3.05, 3.63) is 53.1 Å². The van der Waals surface area contributed by atoms with Crippen LogP contribution in [0.3, 0.4) is 0 Å². The van der Waals surface area contributed by atoms with Crippen LogP contribution in [0, 0.1) is 6.92 Å². The van der Waals surface area contributed by atoms with Gasteiger partial charge in [-0.3, -0.25) is 0 Å². The highest BCUT2D eigenvalue weighted by atomic mass is 32.2. The number of nitrogens with zero attached hydrogens (tertiary/aromatic N) is 4. The normalized spacial score (nSPS) is 14.1. The Morgan fingerprint density at radius 1 is 1.08 bits per heavy atom. The van der Waals surface area contributed by atoms with E-state index in [4.69, 9.17) is 9.97 Å². The monoisotopic (exact) mass is 364 g/mol. The van der Waals surface area contributed by atoms with Crippen molar-refractivity contribution in [3.8, 4) is 0 Å². The molecule has 0 aliphatic carbocycles. The van der Waals surface area contributed by atoms with Gasteiger partial charge < -0.3 is 4.90 Å². The standard InChI is InChI=1S/C21H24N4S/c1-13-8-19(23-17-9-15(26-5)6-7-16(13)17)25-11-14-10-22-20(21(2,3)4)24-18(14)12-25/h6-10H,11-12H2,1-5H3. The van der Waals surface area contributed by atoms with Gasteiger partial charge in [-0.1, -0.05) is 26.8 Å². The number of fused-ring (bicyclic) bond motifs is 2. The second kappa shape index (κ2) is 6.23. The zero-order chi connectivity index (χ0) is 18.5. The predicted molar refractivity (Wildman–Crippen MR) is 109 cm³/mol. The predicted octanol–water partition coefficient (Wildman–Crippen LogP) is 4.87. The molecule has 0 fully saturated rings. The van der Waals surface area contributed by atoms with Gasteiger partial charge in [-0.15, -0.1) is 11.8 Å². The largest absolute Gasteiger partial charge is 0.346 e. The molecule has 1 aromatic carbocycles. The molecule has 1 aliphatic rings. The third-order valence-electron chi connectivity index (χ3n) is 4.86. The Labute approximate surface area is 159 Å². The number of pyridine rings is 1. The summed E-state index contributed by atoms with van der Waals surface area (Å²) in [5, 5.41) is 1.22. The number of anilines is 1. The van der Waals surface area contributed by atoms with Crippen LogP contribution in [0.4, 0.5) is 5.82 Å². The molecule has 0 saturated heterocycles.